The number of azo groups is 2. The van der Waals surface area contributed by atoms with Crippen LogP contribution in [0.25, 0.3) is 10.8 Å². The fourth-order valence-corrected chi connectivity index (χ4v) is 9.40. The van der Waals surface area contributed by atoms with Crippen molar-refractivity contribution in [1.82, 2.24) is 15.0 Å². The van der Waals surface area contributed by atoms with Gasteiger partial charge in [-0.05, 0) is 85.1 Å². The molecule has 0 radical (unpaired) electrons. The lowest BCUT2D eigenvalue weighted by Gasteiger charge is -2.21. The molecule has 0 aliphatic carbocycles. The number of halogens is 1. The van der Waals surface area contributed by atoms with Gasteiger partial charge in [0.15, 0.2) is 25.4 Å². The van der Waals surface area contributed by atoms with Crippen molar-refractivity contribution in [2.75, 3.05) is 22.5 Å². The lowest BCUT2D eigenvalue weighted by molar-refractivity contribution is 0.472. The van der Waals surface area contributed by atoms with Gasteiger partial charge in [-0.1, -0.05) is 19.2 Å². The summed E-state index contributed by atoms with van der Waals surface area (Å²) in [6, 6.07) is 13.9. The largest absolute Gasteiger partial charge is 0.505 e. The van der Waals surface area contributed by atoms with Crippen LogP contribution in [0.1, 0.15) is 6.92 Å². The SMILES string of the molecule is C=CS(=O)(=O)c1ccc(/N=N/c2c(S(=O)(=O)O)cc3cc(S(=O)(=O)O)c(/N=N/c4cc(Nc5nc(F)nc(N(CC)c6cccc(S(=O)(=O)C=C)c6)n5)ccc4S(=O)(=O)O)c(O)c3c2N)cc1. The number of aromatic hydroxyl groups is 1. The molecule has 30 heteroatoms. The summed E-state index contributed by atoms with van der Waals surface area (Å²) in [5, 5.41) is 29.3. The molecule has 0 amide bonds. The highest BCUT2D eigenvalue weighted by Crippen LogP contribution is 2.48. The Morgan fingerprint density at radius 2 is 1.28 bits per heavy atom. The number of hydrogen-bond acceptors (Lipinski definition) is 21. The Morgan fingerprint density at radius 3 is 1.87 bits per heavy atom. The number of nitrogens with one attached hydrogen (secondary N) is 1. The Morgan fingerprint density at radius 1 is 0.701 bits per heavy atom. The topological polar surface area (TPSA) is 381 Å². The van der Waals surface area contributed by atoms with Gasteiger partial charge in [0.1, 0.15) is 31.7 Å². The van der Waals surface area contributed by atoms with Crippen molar-refractivity contribution >= 4 is 113 Å². The molecule has 5 aromatic carbocycles. The van der Waals surface area contributed by atoms with Gasteiger partial charge in [-0.25, -0.2) is 16.8 Å². The van der Waals surface area contributed by atoms with Crippen LogP contribution in [0.2, 0.25) is 0 Å². The monoisotopic (exact) mass is 1020 g/mol. The van der Waals surface area contributed by atoms with Crippen molar-refractivity contribution in [3.8, 4) is 5.75 Å². The number of nitrogens with two attached hydrogens (primary N) is 1. The van der Waals surface area contributed by atoms with Crippen molar-refractivity contribution < 1.29 is 65.2 Å². The van der Waals surface area contributed by atoms with Crippen LogP contribution in [0.3, 0.4) is 0 Å². The first kappa shape index (κ1) is 49.2. The Balaban J connectivity index is 1.46. The second-order valence-corrected chi connectivity index (χ2v) is 21.3. The molecule has 0 aliphatic heterocycles. The smallest absolute Gasteiger partial charge is 0.315 e. The second kappa shape index (κ2) is 18.2. The van der Waals surface area contributed by atoms with E-state index in [1.165, 1.54) is 29.2 Å². The van der Waals surface area contributed by atoms with Gasteiger partial charge in [-0.3, -0.25) is 13.7 Å². The van der Waals surface area contributed by atoms with Gasteiger partial charge in [-0.15, -0.1) is 15.3 Å². The minimum Gasteiger partial charge on any atom is -0.505 e. The van der Waals surface area contributed by atoms with Crippen LogP contribution in [0.4, 0.5) is 56.1 Å². The molecule has 7 N–H and O–H groups in total. The fourth-order valence-electron chi connectivity index (χ4n) is 6.02. The van der Waals surface area contributed by atoms with Crippen molar-refractivity contribution in [3.63, 3.8) is 0 Å². The zero-order valence-corrected chi connectivity index (χ0v) is 37.8. The summed E-state index contributed by atoms with van der Waals surface area (Å²) >= 11 is 0. The lowest BCUT2D eigenvalue weighted by Crippen LogP contribution is -2.20. The van der Waals surface area contributed by atoms with Crippen molar-refractivity contribution in [2.24, 2.45) is 20.5 Å². The van der Waals surface area contributed by atoms with E-state index in [0.717, 1.165) is 47.9 Å². The Labute approximate surface area is 379 Å². The van der Waals surface area contributed by atoms with Crippen molar-refractivity contribution in [2.45, 2.75) is 31.4 Å². The summed E-state index contributed by atoms with van der Waals surface area (Å²) < 4.78 is 170. The Hall–Kier alpha value is -7.19. The van der Waals surface area contributed by atoms with Gasteiger partial charge in [0.05, 0.1) is 26.6 Å². The highest BCUT2D eigenvalue weighted by Gasteiger charge is 2.29. The van der Waals surface area contributed by atoms with E-state index in [0.29, 0.717) is 17.5 Å². The van der Waals surface area contributed by atoms with E-state index in [9.17, 15) is 65.2 Å². The molecule has 0 aliphatic rings. The van der Waals surface area contributed by atoms with E-state index < -0.39 is 116 Å². The Kier molecular flexibility index (Phi) is 13.4. The number of phenolic OH excluding ortho intramolecular Hbond substituents is 1. The van der Waals surface area contributed by atoms with Crippen LogP contribution in [0.15, 0.2) is 148 Å². The maximum atomic E-state index is 14.9. The maximum absolute atomic E-state index is 14.9. The average Bonchev–Trinajstić information content (AvgIpc) is 3.24. The molecular formula is C37H31FN10O14S5. The van der Waals surface area contributed by atoms with Crippen LogP contribution >= 0.6 is 0 Å². The highest BCUT2D eigenvalue weighted by atomic mass is 32.2. The first-order valence-corrected chi connectivity index (χ1v) is 25.5. The number of aromatic nitrogens is 3. The molecule has 6 aromatic rings. The van der Waals surface area contributed by atoms with Gasteiger partial charge >= 0.3 is 6.08 Å². The van der Waals surface area contributed by atoms with Crippen LogP contribution in [0.5, 0.6) is 5.75 Å². The van der Waals surface area contributed by atoms with Gasteiger partial charge in [0.25, 0.3) is 30.4 Å². The summed E-state index contributed by atoms with van der Waals surface area (Å²) in [6.07, 6.45) is -1.33. The molecule has 67 heavy (non-hydrogen) atoms. The highest BCUT2D eigenvalue weighted by molar-refractivity contribution is 7.94. The minimum atomic E-state index is -5.46. The molecule has 24 nitrogen and oxygen atoms in total. The molecule has 1 aromatic heterocycles. The third-order valence-electron chi connectivity index (χ3n) is 9.10. The summed E-state index contributed by atoms with van der Waals surface area (Å²) in [5.41, 5.74) is 2.63. The molecule has 0 saturated heterocycles. The molecule has 350 valence electrons. The predicted molar refractivity (Wildman–Crippen MR) is 238 cm³/mol. The maximum Gasteiger partial charge on any atom is 0.315 e. The van der Waals surface area contributed by atoms with Crippen molar-refractivity contribution in [3.05, 3.63) is 109 Å². The van der Waals surface area contributed by atoms with Crippen LogP contribution in [-0.4, -0.2) is 82.4 Å². The third kappa shape index (κ3) is 10.6. The van der Waals surface area contributed by atoms with Crippen molar-refractivity contribution in [1.29, 1.82) is 0 Å². The summed E-state index contributed by atoms with van der Waals surface area (Å²) in [4.78, 5) is 9.12. The van der Waals surface area contributed by atoms with Crippen LogP contribution < -0.4 is 16.0 Å². The predicted octanol–water partition coefficient (Wildman–Crippen LogP) is 6.76. The number of sulfone groups is 2. The molecule has 1 heterocycles. The second-order valence-electron chi connectivity index (χ2n) is 13.3. The lowest BCUT2D eigenvalue weighted by atomic mass is 10.1. The normalized spacial score (nSPS) is 12.7. The zero-order valence-electron chi connectivity index (χ0n) is 33.7. The quantitative estimate of drug-likeness (QED) is 0.0331. The molecule has 0 bridgehead atoms. The summed E-state index contributed by atoms with van der Waals surface area (Å²) in [6.45, 7) is 8.21. The van der Waals surface area contributed by atoms with Gasteiger partial charge < -0.3 is 21.1 Å². The minimum absolute atomic E-state index is 0.0704. The molecule has 0 spiro atoms. The van der Waals surface area contributed by atoms with E-state index in [1.807, 2.05) is 0 Å². The number of nitrogen functional groups attached to an aromatic ring is 1. The summed E-state index contributed by atoms with van der Waals surface area (Å²) in [7, 11) is -23.7. The molecule has 0 atom stereocenters. The van der Waals surface area contributed by atoms with Crippen LogP contribution in [-0.2, 0) is 50.0 Å². The van der Waals surface area contributed by atoms with E-state index in [4.69, 9.17) is 5.73 Å². The zero-order chi connectivity index (χ0) is 49.4. The number of fused-ring (bicyclic) bond motifs is 1. The van der Waals surface area contributed by atoms with Gasteiger partial charge in [0.2, 0.25) is 11.9 Å². The molecule has 6 rings (SSSR count). The number of hydrogen-bond donors (Lipinski definition) is 6. The number of anilines is 5. The fraction of sp³-hybridized carbons (Fsp3) is 0.0541. The van der Waals surface area contributed by atoms with Gasteiger partial charge in [-0.2, -0.15) is 49.7 Å². The number of benzene rings is 5. The molecule has 0 fully saturated rings. The molecular weight excluding hydrogens is 988 g/mol. The van der Waals surface area contributed by atoms with E-state index in [1.54, 1.807) is 6.92 Å². The molecule has 0 unspecified atom stereocenters. The Bertz CT molecular complexity index is 3690. The van der Waals surface area contributed by atoms with E-state index in [2.05, 4.69) is 53.9 Å². The van der Waals surface area contributed by atoms with E-state index >= 15 is 0 Å². The number of phenols is 1. The van der Waals surface area contributed by atoms with Gasteiger partial charge in [0, 0.05) is 28.7 Å². The third-order valence-corrected chi connectivity index (χ3v) is 14.5. The average molecular weight is 1020 g/mol. The first-order chi connectivity index (χ1) is 31.2. The first-order valence-electron chi connectivity index (χ1n) is 18.1. The summed E-state index contributed by atoms with van der Waals surface area (Å²) in [5.74, 6) is -2.08. The number of rotatable bonds is 16. The molecule has 0 saturated carbocycles. The van der Waals surface area contributed by atoms with E-state index in [-0.39, 0.29) is 39.3 Å². The number of nitrogens with zero attached hydrogens (tertiary/aromatic N) is 8. The van der Waals surface area contributed by atoms with Crippen LogP contribution in [0, 0.1) is 6.08 Å². The standard InChI is InChI=1S/C37H31FN10O14S5/c1-4-48(23-8-7-9-25(19-23)64(52,53)6-3)37-42-35(38)41-36(43-37)40-22-12-15-27(65(54,55)56)26(18-22)45-47-33-29(67(60,61)62)17-20-16-28(66(57,58)59)32(31(39)30(20)34(33)49)46-44-21-10-13-24(14-11-21)63(50,51)5-2/h5-19,49H,2-4,39H2,1H3,(H,54,55,56)(H,57,58,59)(H,60,61,62)(H,40,41,42,43)/b46-44+,47-45+.